The van der Waals surface area contributed by atoms with Crippen molar-refractivity contribution in [3.63, 3.8) is 0 Å². The Labute approximate surface area is 95.8 Å². The third-order valence-corrected chi connectivity index (χ3v) is 3.05. The highest BCUT2D eigenvalue weighted by atomic mass is 19.1. The molecule has 3 heteroatoms. The molecule has 1 aliphatic carbocycles. The zero-order valence-electron chi connectivity index (χ0n) is 9.79. The van der Waals surface area contributed by atoms with Gasteiger partial charge in [0.05, 0.1) is 6.61 Å². The molecule has 0 saturated heterocycles. The second-order valence-corrected chi connectivity index (χ2v) is 4.45. The summed E-state index contributed by atoms with van der Waals surface area (Å²) in [7, 11) is 1.82. The van der Waals surface area contributed by atoms with Crippen LogP contribution in [0.3, 0.4) is 0 Å². The lowest BCUT2D eigenvalue weighted by atomic mass is 10.1. The van der Waals surface area contributed by atoms with Gasteiger partial charge in [-0.25, -0.2) is 4.39 Å². The first-order valence-electron chi connectivity index (χ1n) is 5.80. The van der Waals surface area contributed by atoms with Crippen molar-refractivity contribution in [3.05, 3.63) is 29.6 Å². The lowest BCUT2D eigenvalue weighted by Gasteiger charge is -2.13. The van der Waals surface area contributed by atoms with Crippen molar-refractivity contribution in [1.82, 2.24) is 5.32 Å². The highest BCUT2D eigenvalue weighted by Gasteiger charge is 2.22. The SMILES string of the molecule is CN[C@@H](C)c1cc(OCC2CC2)ccc1F. The van der Waals surface area contributed by atoms with E-state index in [-0.39, 0.29) is 11.9 Å². The van der Waals surface area contributed by atoms with Gasteiger partial charge in [0.15, 0.2) is 0 Å². The molecule has 1 fully saturated rings. The Bertz CT molecular complexity index is 363. The van der Waals surface area contributed by atoms with Crippen LogP contribution in [0.25, 0.3) is 0 Å². The van der Waals surface area contributed by atoms with Crippen LogP contribution in [0.4, 0.5) is 4.39 Å². The molecule has 1 N–H and O–H groups in total. The second-order valence-electron chi connectivity index (χ2n) is 4.45. The van der Waals surface area contributed by atoms with E-state index < -0.39 is 0 Å². The van der Waals surface area contributed by atoms with E-state index in [4.69, 9.17) is 4.74 Å². The minimum atomic E-state index is -0.180. The molecular formula is C13H18FNO. The van der Waals surface area contributed by atoms with E-state index >= 15 is 0 Å². The maximum Gasteiger partial charge on any atom is 0.128 e. The van der Waals surface area contributed by atoms with Gasteiger partial charge in [0.1, 0.15) is 11.6 Å². The van der Waals surface area contributed by atoms with Gasteiger partial charge in [-0.1, -0.05) is 0 Å². The van der Waals surface area contributed by atoms with Crippen molar-refractivity contribution < 1.29 is 9.13 Å². The van der Waals surface area contributed by atoms with E-state index in [0.29, 0.717) is 5.56 Å². The van der Waals surface area contributed by atoms with E-state index in [2.05, 4.69) is 5.32 Å². The molecule has 0 spiro atoms. The van der Waals surface area contributed by atoms with Gasteiger partial charge in [-0.2, -0.15) is 0 Å². The molecule has 16 heavy (non-hydrogen) atoms. The smallest absolute Gasteiger partial charge is 0.128 e. The summed E-state index contributed by atoms with van der Waals surface area (Å²) >= 11 is 0. The first-order chi connectivity index (χ1) is 7.70. The van der Waals surface area contributed by atoms with Crippen LogP contribution in [0.2, 0.25) is 0 Å². The summed E-state index contributed by atoms with van der Waals surface area (Å²) in [6.07, 6.45) is 2.53. The molecule has 0 unspecified atom stereocenters. The Morgan fingerprint density at radius 2 is 2.25 bits per heavy atom. The van der Waals surface area contributed by atoms with Gasteiger partial charge in [-0.05, 0) is 50.9 Å². The lowest BCUT2D eigenvalue weighted by Crippen LogP contribution is -2.14. The number of hydrogen-bond acceptors (Lipinski definition) is 2. The Balaban J connectivity index is 2.07. The fourth-order valence-corrected chi connectivity index (χ4v) is 1.60. The van der Waals surface area contributed by atoms with Crippen LogP contribution >= 0.6 is 0 Å². The van der Waals surface area contributed by atoms with Crippen LogP contribution in [-0.4, -0.2) is 13.7 Å². The summed E-state index contributed by atoms with van der Waals surface area (Å²) in [6.45, 7) is 2.70. The first-order valence-corrected chi connectivity index (χ1v) is 5.80. The van der Waals surface area contributed by atoms with Crippen LogP contribution in [0, 0.1) is 11.7 Å². The van der Waals surface area contributed by atoms with Crippen molar-refractivity contribution in [3.8, 4) is 5.75 Å². The van der Waals surface area contributed by atoms with Crippen LogP contribution in [-0.2, 0) is 0 Å². The van der Waals surface area contributed by atoms with Crippen LogP contribution in [0.5, 0.6) is 5.75 Å². The molecular weight excluding hydrogens is 205 g/mol. The molecule has 1 aromatic carbocycles. The molecule has 2 rings (SSSR count). The van der Waals surface area contributed by atoms with Gasteiger partial charge >= 0.3 is 0 Å². The van der Waals surface area contributed by atoms with Crippen molar-refractivity contribution in [2.45, 2.75) is 25.8 Å². The summed E-state index contributed by atoms with van der Waals surface area (Å²) in [6, 6.07) is 4.97. The number of ether oxygens (including phenoxy) is 1. The molecule has 1 atom stereocenters. The molecule has 88 valence electrons. The number of halogens is 1. The first kappa shape index (κ1) is 11.4. The van der Waals surface area contributed by atoms with Gasteiger partial charge in [-0.15, -0.1) is 0 Å². The Morgan fingerprint density at radius 3 is 2.88 bits per heavy atom. The molecule has 1 aliphatic rings. The second kappa shape index (κ2) is 4.83. The Kier molecular flexibility index (Phi) is 3.44. The van der Waals surface area contributed by atoms with Crippen LogP contribution < -0.4 is 10.1 Å². The molecule has 0 radical (unpaired) electrons. The molecule has 0 bridgehead atoms. The Hall–Kier alpha value is -1.09. The highest BCUT2D eigenvalue weighted by Crippen LogP contribution is 2.30. The van der Waals surface area contributed by atoms with Gasteiger partial charge in [0.2, 0.25) is 0 Å². The molecule has 1 aromatic rings. The number of nitrogens with one attached hydrogen (secondary N) is 1. The average Bonchev–Trinajstić information content (AvgIpc) is 3.11. The zero-order valence-corrected chi connectivity index (χ0v) is 9.79. The van der Waals surface area contributed by atoms with Crippen LogP contribution in [0.15, 0.2) is 18.2 Å². The summed E-state index contributed by atoms with van der Waals surface area (Å²) in [4.78, 5) is 0. The average molecular weight is 223 g/mol. The van der Waals surface area contributed by atoms with E-state index in [1.165, 1.54) is 18.9 Å². The number of benzene rings is 1. The molecule has 1 saturated carbocycles. The summed E-state index contributed by atoms with van der Waals surface area (Å²) in [5, 5.41) is 3.03. The fraction of sp³-hybridized carbons (Fsp3) is 0.538. The van der Waals surface area contributed by atoms with Gasteiger partial charge in [0, 0.05) is 11.6 Å². The molecule has 0 aliphatic heterocycles. The quantitative estimate of drug-likeness (QED) is 0.828. The number of hydrogen-bond donors (Lipinski definition) is 1. The predicted molar refractivity (Wildman–Crippen MR) is 62.1 cm³/mol. The molecule has 0 amide bonds. The van der Waals surface area contributed by atoms with Gasteiger partial charge in [-0.3, -0.25) is 0 Å². The molecule has 0 heterocycles. The normalized spacial score (nSPS) is 17.2. The summed E-state index contributed by atoms with van der Waals surface area (Å²) in [5.41, 5.74) is 0.663. The largest absolute Gasteiger partial charge is 0.493 e. The van der Waals surface area contributed by atoms with Crippen molar-refractivity contribution in [2.75, 3.05) is 13.7 Å². The third-order valence-electron chi connectivity index (χ3n) is 3.05. The molecule has 2 nitrogen and oxygen atoms in total. The van der Waals surface area contributed by atoms with Crippen molar-refractivity contribution in [1.29, 1.82) is 0 Å². The third kappa shape index (κ3) is 2.73. The summed E-state index contributed by atoms with van der Waals surface area (Å²) < 4.78 is 19.1. The van der Waals surface area contributed by atoms with E-state index in [1.807, 2.05) is 14.0 Å². The zero-order chi connectivity index (χ0) is 11.5. The molecule has 0 aromatic heterocycles. The lowest BCUT2D eigenvalue weighted by molar-refractivity contribution is 0.298. The number of rotatable bonds is 5. The van der Waals surface area contributed by atoms with Crippen molar-refractivity contribution in [2.24, 2.45) is 5.92 Å². The minimum absolute atomic E-state index is 0.00414. The van der Waals surface area contributed by atoms with Gasteiger partial charge < -0.3 is 10.1 Å². The van der Waals surface area contributed by atoms with Crippen LogP contribution in [0.1, 0.15) is 31.4 Å². The summed E-state index contributed by atoms with van der Waals surface area (Å²) in [5.74, 6) is 1.31. The predicted octanol–water partition coefficient (Wildman–Crippen LogP) is 2.89. The maximum atomic E-state index is 13.5. The topological polar surface area (TPSA) is 21.3 Å². The fourth-order valence-electron chi connectivity index (χ4n) is 1.60. The van der Waals surface area contributed by atoms with Crippen molar-refractivity contribution >= 4 is 0 Å². The maximum absolute atomic E-state index is 13.5. The standard InChI is InChI=1S/C13H18FNO/c1-9(15-2)12-7-11(5-6-13(12)14)16-8-10-3-4-10/h5-7,9-10,15H,3-4,8H2,1-2H3/t9-/m0/s1. The Morgan fingerprint density at radius 1 is 1.50 bits per heavy atom. The van der Waals surface area contributed by atoms with Gasteiger partial charge in [0.25, 0.3) is 0 Å². The van der Waals surface area contributed by atoms with E-state index in [9.17, 15) is 4.39 Å². The highest BCUT2D eigenvalue weighted by molar-refractivity contribution is 5.31. The monoisotopic (exact) mass is 223 g/mol. The minimum Gasteiger partial charge on any atom is -0.493 e. The van der Waals surface area contributed by atoms with E-state index in [1.54, 1.807) is 12.1 Å². The van der Waals surface area contributed by atoms with E-state index in [0.717, 1.165) is 18.3 Å².